The van der Waals surface area contributed by atoms with Gasteiger partial charge in [0.05, 0.1) is 6.20 Å². The van der Waals surface area contributed by atoms with E-state index in [1.165, 1.54) is 12.3 Å². The molecule has 0 aliphatic carbocycles. The fourth-order valence-electron chi connectivity index (χ4n) is 0.966. The largest absolute Gasteiger partial charge is 0.266 e. The number of alkyl halides is 1. The van der Waals surface area contributed by atoms with Crippen molar-refractivity contribution >= 4 is 21.6 Å². The molecule has 5 nitrogen and oxygen atoms in total. The molecule has 1 heterocycles. The predicted molar refractivity (Wildman–Crippen MR) is 58.3 cm³/mol. The van der Waals surface area contributed by atoms with E-state index in [1.807, 2.05) is 6.92 Å². The van der Waals surface area contributed by atoms with Gasteiger partial charge in [0.25, 0.3) is 10.0 Å². The zero-order valence-corrected chi connectivity index (χ0v) is 10.2. The smallest absolute Gasteiger partial charge is 0.258 e. The number of hydrogen-bond donors (Lipinski definition) is 2. The Labute approximate surface area is 94.3 Å². The SMILES string of the molecule is CCC(C)(CCl)NS(=O)(=O)c1ccn[nH]1. The van der Waals surface area contributed by atoms with Crippen molar-refractivity contribution in [3.8, 4) is 0 Å². The Kier molecular flexibility index (Phi) is 3.75. The molecule has 1 aromatic heterocycles. The minimum atomic E-state index is -3.55. The van der Waals surface area contributed by atoms with Crippen molar-refractivity contribution in [3.05, 3.63) is 12.3 Å². The van der Waals surface area contributed by atoms with Gasteiger partial charge in [0.15, 0.2) is 5.03 Å². The zero-order valence-electron chi connectivity index (χ0n) is 8.62. The molecule has 0 fully saturated rings. The van der Waals surface area contributed by atoms with Gasteiger partial charge in [-0.2, -0.15) is 5.10 Å². The second kappa shape index (κ2) is 4.51. The van der Waals surface area contributed by atoms with Crippen molar-refractivity contribution in [2.24, 2.45) is 0 Å². The van der Waals surface area contributed by atoms with Crippen molar-refractivity contribution in [3.63, 3.8) is 0 Å². The van der Waals surface area contributed by atoms with E-state index in [0.29, 0.717) is 6.42 Å². The summed E-state index contributed by atoms with van der Waals surface area (Å²) >= 11 is 5.72. The van der Waals surface area contributed by atoms with Crippen LogP contribution in [0.2, 0.25) is 0 Å². The molecule has 1 rings (SSSR count). The number of aromatic nitrogens is 2. The van der Waals surface area contributed by atoms with Gasteiger partial charge in [-0.3, -0.25) is 5.10 Å². The summed E-state index contributed by atoms with van der Waals surface area (Å²) in [7, 11) is -3.55. The molecule has 0 spiro atoms. The second-order valence-electron chi connectivity index (χ2n) is 3.57. The topological polar surface area (TPSA) is 74.8 Å². The monoisotopic (exact) mass is 251 g/mol. The van der Waals surface area contributed by atoms with E-state index >= 15 is 0 Å². The normalized spacial score (nSPS) is 16.2. The molecular formula is C8H14ClN3O2S. The molecule has 1 atom stereocenters. The molecule has 1 unspecified atom stereocenters. The zero-order chi connectivity index (χ0) is 11.5. The number of hydrogen-bond acceptors (Lipinski definition) is 3. The summed E-state index contributed by atoms with van der Waals surface area (Å²) in [5.74, 6) is 0.219. The van der Waals surface area contributed by atoms with E-state index in [2.05, 4.69) is 14.9 Å². The Bertz CT molecular complexity index is 398. The summed E-state index contributed by atoms with van der Waals surface area (Å²) in [5, 5.41) is 6.05. The molecule has 0 aliphatic heterocycles. The van der Waals surface area contributed by atoms with Gasteiger partial charge in [0, 0.05) is 11.4 Å². The average molecular weight is 252 g/mol. The lowest BCUT2D eigenvalue weighted by atomic mass is 10.0. The minimum absolute atomic E-state index is 0.0484. The average Bonchev–Trinajstić information content (AvgIpc) is 2.70. The highest BCUT2D eigenvalue weighted by atomic mass is 35.5. The molecule has 0 radical (unpaired) electrons. The molecule has 0 saturated carbocycles. The van der Waals surface area contributed by atoms with Crippen molar-refractivity contribution in [1.29, 1.82) is 0 Å². The standard InChI is InChI=1S/C8H14ClN3O2S/c1-3-8(2,6-9)12-15(13,14)7-4-5-10-11-7/h4-5,12H,3,6H2,1-2H3,(H,10,11). The summed E-state index contributed by atoms with van der Waals surface area (Å²) < 4.78 is 26.1. The summed E-state index contributed by atoms with van der Waals surface area (Å²) in [5.41, 5.74) is -0.633. The molecule has 2 N–H and O–H groups in total. The van der Waals surface area contributed by atoms with Crippen molar-refractivity contribution in [1.82, 2.24) is 14.9 Å². The number of sulfonamides is 1. The number of nitrogens with one attached hydrogen (secondary N) is 2. The number of halogens is 1. The van der Waals surface area contributed by atoms with Crippen LogP contribution >= 0.6 is 11.6 Å². The number of aromatic amines is 1. The van der Waals surface area contributed by atoms with Crippen molar-refractivity contribution in [2.75, 3.05) is 5.88 Å². The molecule has 86 valence electrons. The molecule has 1 aromatic rings. The first-order chi connectivity index (χ1) is 6.93. The van der Waals surface area contributed by atoms with Crippen LogP contribution in [0.1, 0.15) is 20.3 Å². The third-order valence-corrected chi connectivity index (χ3v) is 4.38. The molecule has 0 amide bonds. The fraction of sp³-hybridized carbons (Fsp3) is 0.625. The Balaban J connectivity index is 2.91. The third kappa shape index (κ3) is 2.93. The lowest BCUT2D eigenvalue weighted by molar-refractivity contribution is 0.443. The Morgan fingerprint density at radius 3 is 2.73 bits per heavy atom. The van der Waals surface area contributed by atoms with Gasteiger partial charge >= 0.3 is 0 Å². The Morgan fingerprint density at radius 1 is 1.67 bits per heavy atom. The number of nitrogens with zero attached hydrogens (tertiary/aromatic N) is 1. The number of H-pyrrole nitrogens is 1. The second-order valence-corrected chi connectivity index (χ2v) is 5.49. The van der Waals surface area contributed by atoms with E-state index in [4.69, 9.17) is 11.6 Å². The first-order valence-electron chi connectivity index (χ1n) is 4.53. The molecule has 0 aliphatic rings. The van der Waals surface area contributed by atoms with Crippen LogP contribution in [0, 0.1) is 0 Å². The summed E-state index contributed by atoms with van der Waals surface area (Å²) in [4.78, 5) is 0. The predicted octanol–water partition coefficient (Wildman–Crippen LogP) is 1.10. The van der Waals surface area contributed by atoms with Crippen LogP contribution in [0.5, 0.6) is 0 Å². The van der Waals surface area contributed by atoms with Crippen LogP contribution in [-0.2, 0) is 10.0 Å². The van der Waals surface area contributed by atoms with E-state index in [-0.39, 0.29) is 10.9 Å². The van der Waals surface area contributed by atoms with Crippen LogP contribution in [0.4, 0.5) is 0 Å². The third-order valence-electron chi connectivity index (χ3n) is 2.22. The lowest BCUT2D eigenvalue weighted by Crippen LogP contribution is -2.47. The van der Waals surface area contributed by atoms with Crippen LogP contribution in [0.3, 0.4) is 0 Å². The van der Waals surface area contributed by atoms with Crippen LogP contribution in [-0.4, -0.2) is 30.0 Å². The minimum Gasteiger partial charge on any atom is -0.266 e. The van der Waals surface area contributed by atoms with Gasteiger partial charge in [0.2, 0.25) is 0 Å². The van der Waals surface area contributed by atoms with Gasteiger partial charge in [0.1, 0.15) is 0 Å². The Hall–Kier alpha value is -0.590. The Morgan fingerprint density at radius 2 is 2.33 bits per heavy atom. The van der Waals surface area contributed by atoms with Crippen molar-refractivity contribution in [2.45, 2.75) is 30.8 Å². The highest BCUT2D eigenvalue weighted by Gasteiger charge is 2.28. The van der Waals surface area contributed by atoms with Gasteiger partial charge < -0.3 is 0 Å². The highest BCUT2D eigenvalue weighted by Crippen LogP contribution is 2.15. The van der Waals surface area contributed by atoms with Gasteiger partial charge in [-0.15, -0.1) is 11.6 Å². The molecular weight excluding hydrogens is 238 g/mol. The maximum atomic E-state index is 11.8. The van der Waals surface area contributed by atoms with E-state index < -0.39 is 15.6 Å². The van der Waals surface area contributed by atoms with Gasteiger partial charge in [-0.05, 0) is 19.4 Å². The lowest BCUT2D eigenvalue weighted by Gasteiger charge is -2.26. The quantitative estimate of drug-likeness (QED) is 0.770. The van der Waals surface area contributed by atoms with Crippen molar-refractivity contribution < 1.29 is 8.42 Å². The summed E-state index contributed by atoms with van der Waals surface area (Å²) in [6, 6.07) is 1.40. The first kappa shape index (κ1) is 12.5. The number of rotatable bonds is 5. The first-order valence-corrected chi connectivity index (χ1v) is 6.54. The maximum Gasteiger partial charge on any atom is 0.258 e. The molecule has 0 saturated heterocycles. The fourth-order valence-corrected chi connectivity index (χ4v) is 2.69. The molecule has 0 aromatic carbocycles. The van der Waals surface area contributed by atoms with Gasteiger partial charge in [-0.1, -0.05) is 6.92 Å². The molecule has 7 heteroatoms. The van der Waals surface area contributed by atoms with E-state index in [1.54, 1.807) is 6.92 Å². The van der Waals surface area contributed by atoms with E-state index in [9.17, 15) is 8.42 Å². The van der Waals surface area contributed by atoms with Crippen LogP contribution < -0.4 is 4.72 Å². The molecule has 15 heavy (non-hydrogen) atoms. The summed E-state index contributed by atoms with van der Waals surface area (Å²) in [6.45, 7) is 3.63. The molecule has 0 bridgehead atoms. The maximum absolute atomic E-state index is 11.8. The highest BCUT2D eigenvalue weighted by molar-refractivity contribution is 7.89. The van der Waals surface area contributed by atoms with E-state index in [0.717, 1.165) is 0 Å². The van der Waals surface area contributed by atoms with Crippen LogP contribution in [0.15, 0.2) is 17.3 Å². The van der Waals surface area contributed by atoms with Gasteiger partial charge in [-0.25, -0.2) is 13.1 Å². The van der Waals surface area contributed by atoms with Crippen LogP contribution in [0.25, 0.3) is 0 Å². The summed E-state index contributed by atoms with van der Waals surface area (Å²) in [6.07, 6.45) is 2.00.